The van der Waals surface area contributed by atoms with Gasteiger partial charge >= 0.3 is 0 Å². The molecule has 0 amide bonds. The molecule has 0 spiro atoms. The molecule has 2 rings (SSSR count). The third-order valence-corrected chi connectivity index (χ3v) is 4.32. The summed E-state index contributed by atoms with van der Waals surface area (Å²) in [5, 5.41) is 13.2. The summed E-state index contributed by atoms with van der Waals surface area (Å²) < 4.78 is 0. The first-order valence-electron chi connectivity index (χ1n) is 5.53. The zero-order valence-electron chi connectivity index (χ0n) is 9.77. The Bertz CT molecular complexity index is 573. The lowest BCUT2D eigenvalue weighted by Crippen LogP contribution is -2.24. The maximum absolute atomic E-state index is 12.3. The Kier molecular flexibility index (Phi) is 4.85. The minimum Gasteiger partial charge on any atom is -0.410 e. The minimum absolute atomic E-state index is 0.0527. The molecule has 1 aromatic rings. The summed E-state index contributed by atoms with van der Waals surface area (Å²) in [4.78, 5) is 16.4. The molecule has 7 heteroatoms. The van der Waals surface area contributed by atoms with Gasteiger partial charge < -0.3 is 5.21 Å². The van der Waals surface area contributed by atoms with Gasteiger partial charge in [-0.05, 0) is 24.6 Å². The predicted molar refractivity (Wildman–Crippen MR) is 79.4 cm³/mol. The van der Waals surface area contributed by atoms with Crippen molar-refractivity contribution in [2.45, 2.75) is 6.42 Å². The van der Waals surface area contributed by atoms with Crippen molar-refractivity contribution in [2.24, 2.45) is 10.1 Å². The molecular weight excluding hydrogens is 307 g/mol. The highest BCUT2D eigenvalue weighted by Crippen LogP contribution is 2.24. The van der Waals surface area contributed by atoms with E-state index < -0.39 is 5.78 Å². The lowest BCUT2D eigenvalue weighted by Gasteiger charge is -2.11. The molecule has 0 unspecified atom stereocenters. The number of aliphatic imine (C=N–C) groups is 1. The van der Waals surface area contributed by atoms with Crippen LogP contribution in [0.4, 0.5) is 0 Å². The lowest BCUT2D eigenvalue weighted by molar-refractivity contribution is 0.106. The fourth-order valence-electron chi connectivity index (χ4n) is 1.56. The Morgan fingerprint density at radius 1 is 1.37 bits per heavy atom. The number of carbonyl (C=O) groups is 1. The van der Waals surface area contributed by atoms with Crippen molar-refractivity contribution in [3.63, 3.8) is 0 Å². The van der Waals surface area contributed by atoms with Gasteiger partial charge in [-0.2, -0.15) is 0 Å². The summed E-state index contributed by atoms with van der Waals surface area (Å²) in [6, 6.07) is 4.52. The highest BCUT2D eigenvalue weighted by atomic mass is 35.5. The van der Waals surface area contributed by atoms with E-state index in [2.05, 4.69) is 10.1 Å². The Labute approximate surface area is 124 Å². The molecule has 0 bridgehead atoms. The molecule has 0 atom stereocenters. The van der Waals surface area contributed by atoms with Crippen molar-refractivity contribution < 1.29 is 10.0 Å². The number of carbonyl (C=O) groups excluding carboxylic acids is 1. The zero-order chi connectivity index (χ0) is 13.8. The normalized spacial score (nSPS) is 16.1. The van der Waals surface area contributed by atoms with Crippen molar-refractivity contribution in [1.82, 2.24) is 0 Å². The van der Waals surface area contributed by atoms with E-state index in [0.29, 0.717) is 22.2 Å². The van der Waals surface area contributed by atoms with E-state index in [-0.39, 0.29) is 10.7 Å². The van der Waals surface area contributed by atoms with Gasteiger partial charge in [-0.3, -0.25) is 9.79 Å². The Morgan fingerprint density at radius 2 is 2.16 bits per heavy atom. The molecule has 1 aromatic carbocycles. The first-order valence-corrected chi connectivity index (χ1v) is 7.27. The molecular formula is C12H10Cl2N2O2S. The smallest absolute Gasteiger partial charge is 0.217 e. The molecule has 1 heterocycles. The van der Waals surface area contributed by atoms with Crippen LogP contribution in [0.15, 0.2) is 28.3 Å². The Hall–Kier alpha value is -1.04. The maximum atomic E-state index is 12.3. The van der Waals surface area contributed by atoms with E-state index in [1.807, 2.05) is 0 Å². The second-order valence-corrected chi connectivity index (χ2v) is 5.69. The second kappa shape index (κ2) is 6.41. The number of Topliss-reactive ketones (excluding diaryl/α,β-unsaturated/α-hetero) is 1. The highest BCUT2D eigenvalue weighted by molar-refractivity contribution is 8.16. The van der Waals surface area contributed by atoms with Gasteiger partial charge in [0, 0.05) is 17.9 Å². The molecule has 0 saturated carbocycles. The molecule has 0 aliphatic carbocycles. The van der Waals surface area contributed by atoms with Crippen LogP contribution >= 0.6 is 35.0 Å². The number of nitrogens with zero attached hydrogens (tertiary/aromatic N) is 2. The topological polar surface area (TPSA) is 62.0 Å². The highest BCUT2D eigenvalue weighted by Gasteiger charge is 2.23. The van der Waals surface area contributed by atoms with E-state index in [0.717, 1.165) is 12.2 Å². The summed E-state index contributed by atoms with van der Waals surface area (Å²) in [5.41, 5.74) is 0.263. The van der Waals surface area contributed by atoms with Gasteiger partial charge in [0.15, 0.2) is 5.71 Å². The van der Waals surface area contributed by atoms with Gasteiger partial charge in [0.2, 0.25) is 5.78 Å². The number of oxime groups is 1. The first-order chi connectivity index (χ1) is 9.13. The Morgan fingerprint density at radius 3 is 2.74 bits per heavy atom. The molecule has 1 aliphatic heterocycles. The van der Waals surface area contributed by atoms with Gasteiger partial charge in [0.1, 0.15) is 5.04 Å². The molecule has 1 aliphatic rings. The quantitative estimate of drug-likeness (QED) is 0.401. The average molecular weight is 317 g/mol. The average Bonchev–Trinajstić information content (AvgIpc) is 2.44. The van der Waals surface area contributed by atoms with Gasteiger partial charge in [-0.1, -0.05) is 28.4 Å². The van der Waals surface area contributed by atoms with Crippen LogP contribution in [0.2, 0.25) is 10.0 Å². The minimum atomic E-state index is -0.422. The van der Waals surface area contributed by atoms with Crippen LogP contribution in [-0.2, 0) is 0 Å². The molecule has 0 fully saturated rings. The second-order valence-electron chi connectivity index (χ2n) is 3.80. The van der Waals surface area contributed by atoms with E-state index >= 15 is 0 Å². The van der Waals surface area contributed by atoms with Crippen molar-refractivity contribution in [2.75, 3.05) is 12.3 Å². The summed E-state index contributed by atoms with van der Waals surface area (Å²) in [6.07, 6.45) is 0.952. The molecule has 4 nitrogen and oxygen atoms in total. The summed E-state index contributed by atoms with van der Waals surface area (Å²) in [6.45, 7) is 0.635. The number of halogens is 2. The largest absolute Gasteiger partial charge is 0.410 e. The van der Waals surface area contributed by atoms with Crippen LogP contribution in [0.5, 0.6) is 0 Å². The van der Waals surface area contributed by atoms with Crippen LogP contribution in [0.25, 0.3) is 0 Å². The summed E-state index contributed by atoms with van der Waals surface area (Å²) in [7, 11) is 0. The van der Waals surface area contributed by atoms with Gasteiger partial charge in [0.05, 0.1) is 10.0 Å². The summed E-state index contributed by atoms with van der Waals surface area (Å²) in [5.74, 6) is 0.432. The molecule has 1 N–H and O–H groups in total. The standard InChI is InChI=1S/C12H10Cl2N2O2S/c13-8-3-2-7(6-9(8)14)11(17)10(16-18)12-15-4-1-5-19-12/h2-3,6,18H,1,4-5H2. The van der Waals surface area contributed by atoms with E-state index in [1.165, 1.54) is 30.0 Å². The number of thioether (sulfide) groups is 1. The third kappa shape index (κ3) is 3.29. The Balaban J connectivity index is 2.31. The zero-order valence-corrected chi connectivity index (χ0v) is 12.1. The van der Waals surface area contributed by atoms with Crippen molar-refractivity contribution >= 4 is 51.5 Å². The molecule has 0 aromatic heterocycles. The van der Waals surface area contributed by atoms with Crippen molar-refractivity contribution in [3.05, 3.63) is 33.8 Å². The summed E-state index contributed by atoms with van der Waals surface area (Å²) >= 11 is 13.1. The van der Waals surface area contributed by atoms with Crippen molar-refractivity contribution in [3.8, 4) is 0 Å². The van der Waals surface area contributed by atoms with E-state index in [1.54, 1.807) is 0 Å². The molecule has 19 heavy (non-hydrogen) atoms. The SMILES string of the molecule is O=C(C(=NO)C1=NCCCS1)c1ccc(Cl)c(Cl)c1. The maximum Gasteiger partial charge on any atom is 0.217 e. The van der Waals surface area contributed by atoms with Crippen LogP contribution in [0.3, 0.4) is 0 Å². The lowest BCUT2D eigenvalue weighted by atomic mass is 10.1. The monoisotopic (exact) mass is 316 g/mol. The van der Waals surface area contributed by atoms with Crippen LogP contribution in [0, 0.1) is 0 Å². The third-order valence-electron chi connectivity index (χ3n) is 2.50. The van der Waals surface area contributed by atoms with Crippen LogP contribution in [-0.4, -0.2) is 34.0 Å². The number of rotatable bonds is 3. The number of hydrogen-bond acceptors (Lipinski definition) is 5. The van der Waals surface area contributed by atoms with E-state index in [4.69, 9.17) is 28.4 Å². The number of ketones is 1. The molecule has 0 saturated heterocycles. The number of hydrogen-bond donors (Lipinski definition) is 1. The fourth-order valence-corrected chi connectivity index (χ4v) is 2.78. The first kappa shape index (κ1) is 14.4. The van der Waals surface area contributed by atoms with E-state index in [9.17, 15) is 4.79 Å². The van der Waals surface area contributed by atoms with Gasteiger partial charge in [0.25, 0.3) is 0 Å². The predicted octanol–water partition coefficient (Wildman–Crippen LogP) is 3.54. The van der Waals surface area contributed by atoms with Crippen LogP contribution in [0.1, 0.15) is 16.8 Å². The molecule has 100 valence electrons. The molecule has 0 radical (unpaired) electrons. The van der Waals surface area contributed by atoms with Gasteiger partial charge in [-0.15, -0.1) is 11.8 Å². The number of benzene rings is 1. The van der Waals surface area contributed by atoms with Crippen molar-refractivity contribution in [1.29, 1.82) is 0 Å². The van der Waals surface area contributed by atoms with Gasteiger partial charge in [-0.25, -0.2) is 0 Å². The van der Waals surface area contributed by atoms with Crippen LogP contribution < -0.4 is 0 Å². The fraction of sp³-hybridized carbons (Fsp3) is 0.250.